The molecule has 1 rings (SSSR count). The summed E-state index contributed by atoms with van der Waals surface area (Å²) in [5.74, 6) is 0.485. The van der Waals surface area contributed by atoms with Crippen LogP contribution in [0.2, 0.25) is 5.02 Å². The van der Waals surface area contributed by atoms with Gasteiger partial charge >= 0.3 is 0 Å². The highest BCUT2D eigenvalue weighted by Crippen LogP contribution is 2.20. The lowest BCUT2D eigenvalue weighted by Gasteiger charge is -2.14. The van der Waals surface area contributed by atoms with Gasteiger partial charge in [-0.3, -0.25) is 0 Å². The lowest BCUT2D eigenvalue weighted by molar-refractivity contribution is 0.0318. The molecular formula is C13H20ClNO2. The van der Waals surface area contributed by atoms with Gasteiger partial charge in [-0.05, 0) is 18.1 Å². The Bertz CT molecular complexity index is 331. The van der Waals surface area contributed by atoms with E-state index >= 15 is 0 Å². The van der Waals surface area contributed by atoms with Gasteiger partial charge in [0.1, 0.15) is 0 Å². The summed E-state index contributed by atoms with van der Waals surface area (Å²) in [6, 6.07) is 7.46. The van der Waals surface area contributed by atoms with E-state index in [1.165, 1.54) is 0 Å². The maximum absolute atomic E-state index is 9.68. The van der Waals surface area contributed by atoms with Crippen molar-refractivity contribution in [1.29, 1.82) is 0 Å². The monoisotopic (exact) mass is 257 g/mol. The molecule has 0 spiro atoms. The number of aliphatic hydroxyl groups excluding tert-OH is 1. The zero-order valence-electron chi connectivity index (χ0n) is 10.3. The smallest absolute Gasteiger partial charge is 0.0945 e. The van der Waals surface area contributed by atoms with Crippen molar-refractivity contribution in [3.05, 3.63) is 29.3 Å². The van der Waals surface area contributed by atoms with Gasteiger partial charge in [0.15, 0.2) is 0 Å². The first-order chi connectivity index (χ1) is 8.09. The van der Waals surface area contributed by atoms with Crippen molar-refractivity contribution in [3.8, 4) is 0 Å². The molecule has 0 fully saturated rings. The Morgan fingerprint density at radius 1 is 1.29 bits per heavy atom. The molecule has 0 amide bonds. The number of hydrogen-bond acceptors (Lipinski definition) is 3. The van der Waals surface area contributed by atoms with E-state index in [1.54, 1.807) is 0 Å². The molecule has 1 unspecified atom stereocenters. The van der Waals surface area contributed by atoms with Crippen LogP contribution in [0, 0.1) is 5.92 Å². The lowest BCUT2D eigenvalue weighted by Crippen LogP contribution is -2.25. The topological polar surface area (TPSA) is 41.5 Å². The molecule has 96 valence electrons. The number of halogens is 1. The summed E-state index contributed by atoms with van der Waals surface area (Å²) in [5.41, 5.74) is 0.831. The molecule has 2 N–H and O–H groups in total. The molecule has 0 bridgehead atoms. The fourth-order valence-electron chi connectivity index (χ4n) is 1.33. The fraction of sp³-hybridized carbons (Fsp3) is 0.538. The number of benzene rings is 1. The molecule has 1 aromatic carbocycles. The normalized spacial score (nSPS) is 12.8. The number of hydrogen-bond donors (Lipinski definition) is 2. The van der Waals surface area contributed by atoms with Gasteiger partial charge in [-0.2, -0.15) is 0 Å². The first-order valence-corrected chi connectivity index (χ1v) is 6.21. The van der Waals surface area contributed by atoms with Crippen LogP contribution >= 0.6 is 11.6 Å². The van der Waals surface area contributed by atoms with Crippen molar-refractivity contribution in [2.45, 2.75) is 20.0 Å². The quantitative estimate of drug-likeness (QED) is 0.789. The highest BCUT2D eigenvalue weighted by molar-refractivity contribution is 6.33. The molecule has 0 heterocycles. The molecule has 3 nitrogen and oxygen atoms in total. The lowest BCUT2D eigenvalue weighted by atomic mass is 10.2. The summed E-state index contributed by atoms with van der Waals surface area (Å²) in [4.78, 5) is 0. The highest BCUT2D eigenvalue weighted by atomic mass is 35.5. The summed E-state index contributed by atoms with van der Waals surface area (Å²) >= 11 is 5.98. The van der Waals surface area contributed by atoms with E-state index in [-0.39, 0.29) is 0 Å². The Morgan fingerprint density at radius 2 is 2.00 bits per heavy atom. The van der Waals surface area contributed by atoms with Gasteiger partial charge in [0.05, 0.1) is 23.4 Å². The number of ether oxygens (including phenoxy) is 1. The van der Waals surface area contributed by atoms with E-state index in [4.69, 9.17) is 16.3 Å². The van der Waals surface area contributed by atoms with E-state index in [0.717, 1.165) is 5.69 Å². The molecule has 0 aliphatic rings. The number of para-hydroxylation sites is 1. The van der Waals surface area contributed by atoms with Crippen molar-refractivity contribution in [3.63, 3.8) is 0 Å². The summed E-state index contributed by atoms with van der Waals surface area (Å²) in [5, 5.41) is 13.4. The van der Waals surface area contributed by atoms with Crippen molar-refractivity contribution in [1.82, 2.24) is 0 Å². The average molecular weight is 258 g/mol. The molecule has 17 heavy (non-hydrogen) atoms. The van der Waals surface area contributed by atoms with E-state index < -0.39 is 6.10 Å². The van der Waals surface area contributed by atoms with Crippen molar-refractivity contribution < 1.29 is 9.84 Å². The Morgan fingerprint density at radius 3 is 2.65 bits per heavy atom. The van der Waals surface area contributed by atoms with Gasteiger partial charge in [-0.25, -0.2) is 0 Å². The third-order valence-corrected chi connectivity index (χ3v) is 2.49. The van der Waals surface area contributed by atoms with Crippen molar-refractivity contribution >= 4 is 17.3 Å². The molecule has 0 aliphatic carbocycles. The van der Waals surface area contributed by atoms with Gasteiger partial charge in [-0.1, -0.05) is 37.6 Å². The Labute approximate surface area is 108 Å². The van der Waals surface area contributed by atoms with E-state index in [0.29, 0.717) is 30.7 Å². The zero-order valence-corrected chi connectivity index (χ0v) is 11.1. The number of aliphatic hydroxyl groups is 1. The SMILES string of the molecule is CC(C)COCC(O)CNc1ccccc1Cl. The summed E-state index contributed by atoms with van der Waals surface area (Å²) in [6.07, 6.45) is -0.523. The van der Waals surface area contributed by atoms with Crippen molar-refractivity contribution in [2.24, 2.45) is 5.92 Å². The first kappa shape index (κ1) is 14.3. The maximum atomic E-state index is 9.68. The highest BCUT2D eigenvalue weighted by Gasteiger charge is 2.06. The molecule has 0 saturated heterocycles. The zero-order chi connectivity index (χ0) is 12.7. The van der Waals surface area contributed by atoms with Crippen LogP contribution in [0.4, 0.5) is 5.69 Å². The van der Waals surface area contributed by atoms with Gasteiger partial charge in [0, 0.05) is 13.2 Å². The summed E-state index contributed by atoms with van der Waals surface area (Å²) in [6.45, 7) is 5.60. The van der Waals surface area contributed by atoms with Gasteiger partial charge < -0.3 is 15.2 Å². The third-order valence-electron chi connectivity index (χ3n) is 2.16. The largest absolute Gasteiger partial charge is 0.389 e. The summed E-state index contributed by atoms with van der Waals surface area (Å²) < 4.78 is 5.35. The Kier molecular flexibility index (Phi) is 6.34. The van der Waals surface area contributed by atoms with Crippen LogP contribution in [0.5, 0.6) is 0 Å². The van der Waals surface area contributed by atoms with Crippen molar-refractivity contribution in [2.75, 3.05) is 25.1 Å². The Balaban J connectivity index is 2.24. The predicted molar refractivity (Wildman–Crippen MR) is 71.6 cm³/mol. The van der Waals surface area contributed by atoms with Crippen LogP contribution in [0.15, 0.2) is 24.3 Å². The first-order valence-electron chi connectivity index (χ1n) is 5.83. The van der Waals surface area contributed by atoms with E-state index in [9.17, 15) is 5.11 Å². The molecule has 0 aromatic heterocycles. The molecule has 4 heteroatoms. The number of anilines is 1. The second-order valence-electron chi connectivity index (χ2n) is 4.45. The van der Waals surface area contributed by atoms with E-state index in [2.05, 4.69) is 19.2 Å². The van der Waals surface area contributed by atoms with Crippen LogP contribution in [-0.2, 0) is 4.74 Å². The van der Waals surface area contributed by atoms with Gasteiger partial charge in [0.25, 0.3) is 0 Å². The molecule has 1 aromatic rings. The molecule has 1 atom stereocenters. The predicted octanol–water partition coefficient (Wildman–Crippen LogP) is 2.79. The molecular weight excluding hydrogens is 238 g/mol. The van der Waals surface area contributed by atoms with Gasteiger partial charge in [0.2, 0.25) is 0 Å². The van der Waals surface area contributed by atoms with E-state index in [1.807, 2.05) is 24.3 Å². The number of rotatable bonds is 7. The second-order valence-corrected chi connectivity index (χ2v) is 4.85. The average Bonchev–Trinajstić information content (AvgIpc) is 2.27. The minimum absolute atomic E-state index is 0.343. The minimum atomic E-state index is -0.523. The van der Waals surface area contributed by atoms with Crippen LogP contribution in [-0.4, -0.2) is 31.0 Å². The standard InChI is InChI=1S/C13H20ClNO2/c1-10(2)8-17-9-11(16)7-15-13-6-4-3-5-12(13)14/h3-6,10-11,15-16H,7-9H2,1-2H3. The fourth-order valence-corrected chi connectivity index (χ4v) is 1.53. The van der Waals surface area contributed by atoms with Crippen LogP contribution in [0.3, 0.4) is 0 Å². The molecule has 0 aliphatic heterocycles. The number of nitrogens with one attached hydrogen (secondary N) is 1. The molecule has 0 saturated carbocycles. The second kappa shape index (κ2) is 7.54. The summed E-state index contributed by atoms with van der Waals surface area (Å²) in [7, 11) is 0. The van der Waals surface area contributed by atoms with Crippen LogP contribution in [0.25, 0.3) is 0 Å². The van der Waals surface area contributed by atoms with Crippen LogP contribution in [0.1, 0.15) is 13.8 Å². The maximum Gasteiger partial charge on any atom is 0.0945 e. The Hall–Kier alpha value is -0.770. The molecule has 0 radical (unpaired) electrons. The third kappa shape index (κ3) is 5.91. The van der Waals surface area contributed by atoms with Crippen LogP contribution < -0.4 is 5.32 Å². The van der Waals surface area contributed by atoms with Gasteiger partial charge in [-0.15, -0.1) is 0 Å². The minimum Gasteiger partial charge on any atom is -0.389 e.